The molecule has 0 radical (unpaired) electrons. The summed E-state index contributed by atoms with van der Waals surface area (Å²) in [5.41, 5.74) is 0. The number of aliphatic hydroxyl groups is 2. The molecule has 1 heterocycles. The van der Waals surface area contributed by atoms with Crippen molar-refractivity contribution in [1.82, 2.24) is 0 Å². The van der Waals surface area contributed by atoms with Crippen LogP contribution in [0.3, 0.4) is 0 Å². The summed E-state index contributed by atoms with van der Waals surface area (Å²) < 4.78 is 11.5. The van der Waals surface area contributed by atoms with Gasteiger partial charge in [0, 0.05) is 0 Å². The van der Waals surface area contributed by atoms with Crippen LogP contribution in [0.25, 0.3) is 0 Å². The van der Waals surface area contributed by atoms with Crippen LogP contribution in [0.5, 0.6) is 0 Å². The predicted octanol–water partition coefficient (Wildman–Crippen LogP) is 2.22. The van der Waals surface area contributed by atoms with Gasteiger partial charge < -0.3 is 19.7 Å². The van der Waals surface area contributed by atoms with Gasteiger partial charge in [0.05, 0.1) is 12.7 Å². The van der Waals surface area contributed by atoms with Crippen molar-refractivity contribution in [1.29, 1.82) is 0 Å². The Morgan fingerprint density at radius 3 is 2.39 bits per heavy atom. The first kappa shape index (κ1) is 15.9. The van der Waals surface area contributed by atoms with Gasteiger partial charge >= 0.3 is 0 Å². The Morgan fingerprint density at radius 2 is 1.78 bits per heavy atom. The summed E-state index contributed by atoms with van der Waals surface area (Å²) in [6.07, 6.45) is 5.55. The second-order valence-corrected chi connectivity index (χ2v) is 5.59. The predicted molar refractivity (Wildman–Crippen MR) is 70.3 cm³/mol. The normalized spacial score (nSPS) is 28.5. The number of rotatable bonds is 8. The van der Waals surface area contributed by atoms with Crippen molar-refractivity contribution in [2.24, 2.45) is 0 Å². The van der Waals surface area contributed by atoms with Crippen molar-refractivity contribution < 1.29 is 19.7 Å². The molecule has 1 aliphatic heterocycles. The lowest BCUT2D eigenvalue weighted by molar-refractivity contribution is -0.157. The van der Waals surface area contributed by atoms with Gasteiger partial charge in [0.15, 0.2) is 5.79 Å². The third kappa shape index (κ3) is 4.84. The third-order valence-electron chi connectivity index (χ3n) is 3.38. The molecule has 1 fully saturated rings. The lowest BCUT2D eigenvalue weighted by Gasteiger charge is -2.20. The summed E-state index contributed by atoms with van der Waals surface area (Å²) in [5.74, 6) is -0.658. The highest BCUT2D eigenvalue weighted by atomic mass is 16.8. The Bertz CT molecular complexity index is 230. The van der Waals surface area contributed by atoms with Gasteiger partial charge in [-0.1, -0.05) is 39.0 Å². The maximum atomic E-state index is 9.75. The molecular formula is C14H28O4. The number of hydrogen-bond acceptors (Lipinski definition) is 4. The molecule has 0 unspecified atom stereocenters. The zero-order valence-corrected chi connectivity index (χ0v) is 11.9. The van der Waals surface area contributed by atoms with E-state index in [1.54, 1.807) is 0 Å². The summed E-state index contributed by atoms with van der Waals surface area (Å²) >= 11 is 0. The molecule has 0 saturated carbocycles. The number of hydrogen-bond donors (Lipinski definition) is 2. The van der Waals surface area contributed by atoms with Gasteiger partial charge in [0.2, 0.25) is 0 Å². The lowest BCUT2D eigenvalue weighted by atomic mass is 10.0. The van der Waals surface area contributed by atoms with E-state index >= 15 is 0 Å². The molecule has 4 heteroatoms. The van der Waals surface area contributed by atoms with Gasteiger partial charge in [-0.25, -0.2) is 0 Å². The quantitative estimate of drug-likeness (QED) is 0.657. The molecule has 108 valence electrons. The largest absolute Gasteiger partial charge is 0.394 e. The topological polar surface area (TPSA) is 58.9 Å². The molecule has 2 N–H and O–H groups in total. The van der Waals surface area contributed by atoms with E-state index in [1.807, 2.05) is 13.8 Å². The van der Waals surface area contributed by atoms with E-state index in [9.17, 15) is 5.11 Å². The zero-order valence-electron chi connectivity index (χ0n) is 11.9. The highest BCUT2D eigenvalue weighted by Gasteiger charge is 2.43. The van der Waals surface area contributed by atoms with E-state index in [0.717, 1.165) is 12.8 Å². The van der Waals surface area contributed by atoms with Crippen LogP contribution < -0.4 is 0 Å². The van der Waals surface area contributed by atoms with Crippen LogP contribution in [-0.2, 0) is 9.47 Å². The number of ether oxygens (including phenoxy) is 2. The molecule has 1 aliphatic rings. The van der Waals surface area contributed by atoms with Crippen molar-refractivity contribution >= 4 is 0 Å². The van der Waals surface area contributed by atoms with Crippen molar-refractivity contribution in [2.75, 3.05) is 6.61 Å². The molecule has 3 atom stereocenters. The molecule has 18 heavy (non-hydrogen) atoms. The summed E-state index contributed by atoms with van der Waals surface area (Å²) in [6.45, 7) is 5.61. The van der Waals surface area contributed by atoms with Crippen molar-refractivity contribution in [3.8, 4) is 0 Å². The number of unbranched alkanes of at least 4 members (excludes halogenated alkanes) is 4. The molecule has 4 nitrogen and oxygen atoms in total. The van der Waals surface area contributed by atoms with Crippen LogP contribution in [0, 0.1) is 0 Å². The average Bonchev–Trinajstić information content (AvgIpc) is 2.63. The zero-order chi connectivity index (χ0) is 13.6. The molecule has 0 aliphatic carbocycles. The maximum Gasteiger partial charge on any atom is 0.163 e. The van der Waals surface area contributed by atoms with Gasteiger partial charge in [-0.2, -0.15) is 0 Å². The fraction of sp³-hybridized carbons (Fsp3) is 1.00. The first-order valence-corrected chi connectivity index (χ1v) is 7.14. The Hall–Kier alpha value is -0.160. The van der Waals surface area contributed by atoms with Crippen molar-refractivity contribution in [3.05, 3.63) is 0 Å². The molecular weight excluding hydrogens is 232 g/mol. The number of aliphatic hydroxyl groups excluding tert-OH is 2. The van der Waals surface area contributed by atoms with E-state index in [4.69, 9.17) is 14.6 Å². The fourth-order valence-electron chi connectivity index (χ4n) is 2.47. The lowest BCUT2D eigenvalue weighted by Crippen LogP contribution is -2.37. The minimum Gasteiger partial charge on any atom is -0.394 e. The van der Waals surface area contributed by atoms with Crippen molar-refractivity contribution in [2.45, 2.75) is 83.4 Å². The van der Waals surface area contributed by atoms with E-state index in [1.165, 1.54) is 25.7 Å². The molecule has 0 aromatic rings. The van der Waals surface area contributed by atoms with Crippen molar-refractivity contribution in [3.63, 3.8) is 0 Å². The standard InChI is InChI=1S/C14H28O4/c1-4-5-6-7-8-9-12-13(11(16)10-15)18-14(2,3)17-12/h11-13,15-16H,4-10H2,1-3H3/t11-,12+,13-/m1/s1. The smallest absolute Gasteiger partial charge is 0.163 e. The Balaban J connectivity index is 2.36. The van der Waals surface area contributed by atoms with Gasteiger partial charge in [-0.05, 0) is 20.3 Å². The molecule has 0 amide bonds. The van der Waals surface area contributed by atoms with Crippen LogP contribution in [0.15, 0.2) is 0 Å². The second-order valence-electron chi connectivity index (χ2n) is 5.59. The fourth-order valence-corrected chi connectivity index (χ4v) is 2.47. The van der Waals surface area contributed by atoms with Gasteiger partial charge in [0.1, 0.15) is 12.2 Å². The van der Waals surface area contributed by atoms with Crippen LogP contribution in [0.1, 0.15) is 59.3 Å². The first-order chi connectivity index (χ1) is 8.50. The van der Waals surface area contributed by atoms with Gasteiger partial charge in [0.25, 0.3) is 0 Å². The molecule has 0 aromatic carbocycles. The Kier molecular flexibility index (Phi) is 6.57. The molecule has 0 spiro atoms. The Morgan fingerprint density at radius 1 is 1.11 bits per heavy atom. The molecule has 0 bridgehead atoms. The summed E-state index contributed by atoms with van der Waals surface area (Å²) in [4.78, 5) is 0. The maximum absolute atomic E-state index is 9.75. The van der Waals surface area contributed by atoms with Gasteiger partial charge in [-0.15, -0.1) is 0 Å². The summed E-state index contributed by atoms with van der Waals surface area (Å²) in [6, 6.07) is 0. The van der Waals surface area contributed by atoms with E-state index in [0.29, 0.717) is 0 Å². The third-order valence-corrected chi connectivity index (χ3v) is 3.38. The highest BCUT2D eigenvalue weighted by molar-refractivity contribution is 4.86. The second kappa shape index (κ2) is 7.43. The molecule has 1 saturated heterocycles. The first-order valence-electron chi connectivity index (χ1n) is 7.14. The van der Waals surface area contributed by atoms with Crippen LogP contribution >= 0.6 is 0 Å². The summed E-state index contributed by atoms with van der Waals surface area (Å²) in [5, 5.41) is 18.8. The van der Waals surface area contributed by atoms with Gasteiger partial charge in [-0.3, -0.25) is 0 Å². The van der Waals surface area contributed by atoms with Crippen LogP contribution in [0.2, 0.25) is 0 Å². The highest BCUT2D eigenvalue weighted by Crippen LogP contribution is 2.32. The molecule has 0 aromatic heterocycles. The Labute approximate surface area is 110 Å². The van der Waals surface area contributed by atoms with Crippen LogP contribution in [0.4, 0.5) is 0 Å². The van der Waals surface area contributed by atoms with E-state index < -0.39 is 18.0 Å². The van der Waals surface area contributed by atoms with Crippen LogP contribution in [-0.4, -0.2) is 40.9 Å². The summed E-state index contributed by atoms with van der Waals surface area (Å²) in [7, 11) is 0. The average molecular weight is 260 g/mol. The minimum atomic E-state index is -0.854. The monoisotopic (exact) mass is 260 g/mol. The SMILES string of the molecule is CCCCCCC[C@@H]1OC(C)(C)O[C@@H]1[C@H](O)CO. The minimum absolute atomic E-state index is 0.108. The van der Waals surface area contributed by atoms with E-state index in [2.05, 4.69) is 6.92 Å². The molecule has 1 rings (SSSR count). The van der Waals surface area contributed by atoms with E-state index in [-0.39, 0.29) is 12.7 Å².